The average Bonchev–Trinajstić information content (AvgIpc) is 2.17. The van der Waals surface area contributed by atoms with Crippen LogP contribution in [0.5, 0.6) is 0 Å². The van der Waals surface area contributed by atoms with E-state index in [2.05, 4.69) is 32.1 Å². The van der Waals surface area contributed by atoms with Gasteiger partial charge in [-0.1, -0.05) is 32.1 Å². The molecule has 0 saturated heterocycles. The van der Waals surface area contributed by atoms with Crippen molar-refractivity contribution in [3.8, 4) is 0 Å². The van der Waals surface area contributed by atoms with Gasteiger partial charge in [0, 0.05) is 0 Å². The molecule has 0 fully saturated rings. The van der Waals surface area contributed by atoms with Gasteiger partial charge in [-0.2, -0.15) is 0 Å². The molecule has 0 atom stereocenters. The molecular weight excluding hydrogens is 156 g/mol. The summed E-state index contributed by atoms with van der Waals surface area (Å²) in [6.07, 6.45) is 12.3. The van der Waals surface area contributed by atoms with Crippen molar-refractivity contribution in [1.82, 2.24) is 0 Å². The molecule has 0 radical (unpaired) electrons. The molecule has 2 aliphatic carbocycles. The predicted octanol–water partition coefficient (Wildman–Crippen LogP) is 4.01. The fraction of sp³-hybridized carbons (Fsp3) is 0.538. The summed E-state index contributed by atoms with van der Waals surface area (Å²) in [5, 5.41) is 0. The van der Waals surface area contributed by atoms with Crippen LogP contribution in [-0.2, 0) is 0 Å². The van der Waals surface area contributed by atoms with Crippen LogP contribution in [0.4, 0.5) is 0 Å². The molecule has 0 N–H and O–H groups in total. The van der Waals surface area contributed by atoms with Crippen LogP contribution in [0.1, 0.15) is 39.5 Å². The van der Waals surface area contributed by atoms with Crippen LogP contribution in [0.3, 0.4) is 0 Å². The molecule has 2 aliphatic rings. The van der Waals surface area contributed by atoms with Crippen LogP contribution in [-0.4, -0.2) is 0 Å². The van der Waals surface area contributed by atoms with Crippen LogP contribution in [0.2, 0.25) is 0 Å². The van der Waals surface area contributed by atoms with E-state index in [4.69, 9.17) is 0 Å². The van der Waals surface area contributed by atoms with Crippen molar-refractivity contribution in [2.75, 3.05) is 0 Å². The number of rotatable bonds is 1. The molecule has 0 unspecified atom stereocenters. The molecule has 0 heterocycles. The minimum atomic E-state index is 0.688. The van der Waals surface area contributed by atoms with Gasteiger partial charge < -0.3 is 0 Å². The fourth-order valence-electron chi connectivity index (χ4n) is 2.31. The number of fused-ring (bicyclic) bond motifs is 1. The van der Waals surface area contributed by atoms with E-state index in [0.29, 0.717) is 5.92 Å². The Kier molecular flexibility index (Phi) is 2.39. The Morgan fingerprint density at radius 1 is 1.00 bits per heavy atom. The molecule has 0 aromatic carbocycles. The van der Waals surface area contributed by atoms with Crippen LogP contribution < -0.4 is 0 Å². The first-order chi connectivity index (χ1) is 6.29. The van der Waals surface area contributed by atoms with E-state index in [1.165, 1.54) is 25.7 Å². The SMILES string of the molecule is CC(C)C1=CCCC2=CCCC=C21. The highest BCUT2D eigenvalue weighted by molar-refractivity contribution is 5.51. The standard InChI is InChI=1S/C13H18/c1-10(2)12-9-5-7-11-6-3-4-8-13(11)12/h6,8-10H,3-5,7H2,1-2H3. The van der Waals surface area contributed by atoms with E-state index in [1.807, 2.05) is 0 Å². The van der Waals surface area contributed by atoms with E-state index in [9.17, 15) is 0 Å². The van der Waals surface area contributed by atoms with E-state index in [1.54, 1.807) is 16.7 Å². The molecular formula is C13H18. The van der Waals surface area contributed by atoms with Crippen molar-refractivity contribution in [2.24, 2.45) is 5.92 Å². The second-order valence-electron chi connectivity index (χ2n) is 4.28. The third kappa shape index (κ3) is 1.63. The smallest absolute Gasteiger partial charge is 0.0216 e. The Morgan fingerprint density at radius 3 is 2.54 bits per heavy atom. The Hall–Kier alpha value is -0.780. The highest BCUT2D eigenvalue weighted by Crippen LogP contribution is 2.36. The van der Waals surface area contributed by atoms with Crippen molar-refractivity contribution in [3.63, 3.8) is 0 Å². The molecule has 0 amide bonds. The average molecular weight is 174 g/mol. The van der Waals surface area contributed by atoms with E-state index < -0.39 is 0 Å². The molecule has 0 aliphatic heterocycles. The lowest BCUT2D eigenvalue weighted by Crippen LogP contribution is -2.08. The summed E-state index contributed by atoms with van der Waals surface area (Å²) in [6.45, 7) is 4.59. The molecule has 0 nitrogen and oxygen atoms in total. The van der Waals surface area contributed by atoms with Crippen molar-refractivity contribution in [1.29, 1.82) is 0 Å². The van der Waals surface area contributed by atoms with Gasteiger partial charge >= 0.3 is 0 Å². The van der Waals surface area contributed by atoms with E-state index in [0.717, 1.165) is 0 Å². The molecule has 2 rings (SSSR count). The quantitative estimate of drug-likeness (QED) is 0.563. The molecule has 0 aromatic rings. The third-order valence-corrected chi connectivity index (χ3v) is 2.96. The normalized spacial score (nSPS) is 21.9. The van der Waals surface area contributed by atoms with Crippen LogP contribution >= 0.6 is 0 Å². The molecule has 0 heteroatoms. The molecule has 0 bridgehead atoms. The van der Waals surface area contributed by atoms with Crippen LogP contribution in [0, 0.1) is 5.92 Å². The highest BCUT2D eigenvalue weighted by Gasteiger charge is 2.18. The summed E-state index contributed by atoms with van der Waals surface area (Å²) in [6, 6.07) is 0. The Balaban J connectivity index is 2.34. The topological polar surface area (TPSA) is 0 Å². The Bertz CT molecular complexity index is 287. The molecule has 0 spiro atoms. The maximum atomic E-state index is 2.44. The molecule has 70 valence electrons. The highest BCUT2D eigenvalue weighted by atomic mass is 14.2. The van der Waals surface area contributed by atoms with Crippen molar-refractivity contribution in [3.05, 3.63) is 34.9 Å². The summed E-state index contributed by atoms with van der Waals surface area (Å²) >= 11 is 0. The maximum Gasteiger partial charge on any atom is -0.0216 e. The van der Waals surface area contributed by atoms with Crippen LogP contribution in [0.15, 0.2) is 34.9 Å². The largest absolute Gasteiger partial charge is 0.0804 e. The maximum absolute atomic E-state index is 2.44. The van der Waals surface area contributed by atoms with Gasteiger partial charge in [-0.25, -0.2) is 0 Å². The van der Waals surface area contributed by atoms with Gasteiger partial charge in [0.25, 0.3) is 0 Å². The minimum Gasteiger partial charge on any atom is -0.0804 e. The van der Waals surface area contributed by atoms with Gasteiger partial charge in [0.05, 0.1) is 0 Å². The van der Waals surface area contributed by atoms with E-state index in [-0.39, 0.29) is 0 Å². The molecule has 13 heavy (non-hydrogen) atoms. The number of hydrogen-bond acceptors (Lipinski definition) is 0. The van der Waals surface area contributed by atoms with Gasteiger partial charge in [0.15, 0.2) is 0 Å². The number of allylic oxidation sites excluding steroid dienone is 6. The second kappa shape index (κ2) is 3.53. The first-order valence-electron chi connectivity index (χ1n) is 5.39. The number of hydrogen-bond donors (Lipinski definition) is 0. The van der Waals surface area contributed by atoms with Crippen LogP contribution in [0.25, 0.3) is 0 Å². The van der Waals surface area contributed by atoms with Crippen molar-refractivity contribution < 1.29 is 0 Å². The summed E-state index contributed by atoms with van der Waals surface area (Å²) in [5.41, 5.74) is 4.75. The van der Waals surface area contributed by atoms with Gasteiger partial charge in [-0.05, 0) is 48.3 Å². The summed E-state index contributed by atoms with van der Waals surface area (Å²) in [5.74, 6) is 0.688. The third-order valence-electron chi connectivity index (χ3n) is 2.96. The predicted molar refractivity (Wildman–Crippen MR) is 57.6 cm³/mol. The second-order valence-corrected chi connectivity index (χ2v) is 4.28. The first kappa shape index (κ1) is 8.80. The van der Waals surface area contributed by atoms with Gasteiger partial charge in [-0.15, -0.1) is 0 Å². The zero-order valence-corrected chi connectivity index (χ0v) is 8.64. The zero-order chi connectivity index (χ0) is 9.26. The van der Waals surface area contributed by atoms with Crippen molar-refractivity contribution in [2.45, 2.75) is 39.5 Å². The van der Waals surface area contributed by atoms with Gasteiger partial charge in [-0.3, -0.25) is 0 Å². The molecule has 0 saturated carbocycles. The summed E-state index contributed by atoms with van der Waals surface area (Å²) < 4.78 is 0. The zero-order valence-electron chi connectivity index (χ0n) is 8.64. The van der Waals surface area contributed by atoms with Gasteiger partial charge in [0.1, 0.15) is 0 Å². The Labute approximate surface area is 81.0 Å². The fourth-order valence-corrected chi connectivity index (χ4v) is 2.31. The van der Waals surface area contributed by atoms with Gasteiger partial charge in [0.2, 0.25) is 0 Å². The first-order valence-corrected chi connectivity index (χ1v) is 5.39. The Morgan fingerprint density at radius 2 is 1.77 bits per heavy atom. The lowest BCUT2D eigenvalue weighted by Gasteiger charge is -2.25. The van der Waals surface area contributed by atoms with Crippen molar-refractivity contribution >= 4 is 0 Å². The summed E-state index contributed by atoms with van der Waals surface area (Å²) in [4.78, 5) is 0. The lowest BCUT2D eigenvalue weighted by atomic mass is 9.80. The monoisotopic (exact) mass is 174 g/mol. The molecule has 0 aromatic heterocycles. The minimum absolute atomic E-state index is 0.688. The lowest BCUT2D eigenvalue weighted by molar-refractivity contribution is 0.740. The van der Waals surface area contributed by atoms with E-state index >= 15 is 0 Å². The summed E-state index contributed by atoms with van der Waals surface area (Å²) in [7, 11) is 0.